The van der Waals surface area contributed by atoms with Crippen LogP contribution in [0.2, 0.25) is 0 Å². The number of hydrogen-bond donors (Lipinski definition) is 1. The number of rotatable bonds is 13. The Balaban J connectivity index is 2.85. The van der Waals surface area contributed by atoms with Gasteiger partial charge in [0, 0.05) is 13.2 Å². The first kappa shape index (κ1) is 15.6. The van der Waals surface area contributed by atoms with Gasteiger partial charge in [0.15, 0.2) is 0 Å². The number of hydrogen-bond acceptors (Lipinski definition) is 4. The molecule has 0 aliphatic heterocycles. The molecule has 0 aliphatic carbocycles. The van der Waals surface area contributed by atoms with E-state index in [9.17, 15) is 0 Å². The molecule has 0 spiro atoms. The van der Waals surface area contributed by atoms with E-state index in [4.69, 9.17) is 19.9 Å². The van der Waals surface area contributed by atoms with Crippen LogP contribution in [0.3, 0.4) is 0 Å². The van der Waals surface area contributed by atoms with Crippen molar-refractivity contribution in [2.75, 3.05) is 46.2 Å². The van der Waals surface area contributed by atoms with Crippen molar-refractivity contribution in [2.24, 2.45) is 5.73 Å². The molecule has 0 fully saturated rings. The highest BCUT2D eigenvalue weighted by Gasteiger charge is 1.91. The standard InChI is InChI=1S/C12H25NO3/c1-2-3-4-7-14-9-11-16-12-10-15-8-5-6-13/h2H,1,3-13H2. The summed E-state index contributed by atoms with van der Waals surface area (Å²) in [6.45, 7) is 8.37. The summed E-state index contributed by atoms with van der Waals surface area (Å²) in [7, 11) is 0. The number of ether oxygens (including phenoxy) is 3. The van der Waals surface area contributed by atoms with E-state index in [1.807, 2.05) is 6.08 Å². The Labute approximate surface area is 98.7 Å². The van der Waals surface area contributed by atoms with E-state index < -0.39 is 0 Å². The molecule has 16 heavy (non-hydrogen) atoms. The molecule has 0 amide bonds. The maximum Gasteiger partial charge on any atom is 0.0701 e. The number of unbranched alkanes of at least 4 members (excludes halogenated alkanes) is 1. The van der Waals surface area contributed by atoms with Gasteiger partial charge in [-0.25, -0.2) is 0 Å². The van der Waals surface area contributed by atoms with Gasteiger partial charge in [-0.2, -0.15) is 0 Å². The quantitative estimate of drug-likeness (QED) is 0.384. The summed E-state index contributed by atoms with van der Waals surface area (Å²) < 4.78 is 15.9. The predicted molar refractivity (Wildman–Crippen MR) is 65.6 cm³/mol. The Bertz CT molecular complexity index is 142. The lowest BCUT2D eigenvalue weighted by Gasteiger charge is -2.06. The van der Waals surface area contributed by atoms with Crippen molar-refractivity contribution < 1.29 is 14.2 Å². The summed E-state index contributed by atoms with van der Waals surface area (Å²) in [6, 6.07) is 0. The second-order valence-corrected chi connectivity index (χ2v) is 3.41. The minimum atomic E-state index is 0.626. The largest absolute Gasteiger partial charge is 0.379 e. The van der Waals surface area contributed by atoms with Crippen LogP contribution in [0.5, 0.6) is 0 Å². The summed E-state index contributed by atoms with van der Waals surface area (Å²) in [5.74, 6) is 0. The van der Waals surface area contributed by atoms with Gasteiger partial charge in [0.25, 0.3) is 0 Å². The summed E-state index contributed by atoms with van der Waals surface area (Å²) >= 11 is 0. The van der Waals surface area contributed by atoms with Crippen LogP contribution < -0.4 is 5.73 Å². The van der Waals surface area contributed by atoms with Gasteiger partial charge >= 0.3 is 0 Å². The molecule has 0 aliphatic rings. The average molecular weight is 231 g/mol. The van der Waals surface area contributed by atoms with Crippen molar-refractivity contribution in [2.45, 2.75) is 19.3 Å². The highest BCUT2D eigenvalue weighted by molar-refractivity contribution is 4.64. The van der Waals surface area contributed by atoms with E-state index >= 15 is 0 Å². The highest BCUT2D eigenvalue weighted by Crippen LogP contribution is 1.90. The van der Waals surface area contributed by atoms with Gasteiger partial charge in [-0.05, 0) is 25.8 Å². The normalized spacial score (nSPS) is 10.6. The summed E-state index contributed by atoms with van der Waals surface area (Å²) in [5.41, 5.74) is 5.33. The van der Waals surface area contributed by atoms with Crippen LogP contribution in [0.25, 0.3) is 0 Å². The summed E-state index contributed by atoms with van der Waals surface area (Å²) in [4.78, 5) is 0. The fourth-order valence-electron chi connectivity index (χ4n) is 1.06. The monoisotopic (exact) mass is 231 g/mol. The molecule has 0 radical (unpaired) electrons. The van der Waals surface area contributed by atoms with Crippen molar-refractivity contribution in [3.63, 3.8) is 0 Å². The fourth-order valence-corrected chi connectivity index (χ4v) is 1.06. The smallest absolute Gasteiger partial charge is 0.0701 e. The molecule has 96 valence electrons. The number of allylic oxidation sites excluding steroid dienone is 1. The van der Waals surface area contributed by atoms with E-state index in [0.717, 1.165) is 32.5 Å². The first-order chi connectivity index (χ1) is 7.91. The van der Waals surface area contributed by atoms with Crippen molar-refractivity contribution in [3.8, 4) is 0 Å². The molecule has 0 rings (SSSR count). The highest BCUT2D eigenvalue weighted by atomic mass is 16.5. The molecule has 0 bridgehead atoms. The molecule has 0 saturated heterocycles. The minimum Gasteiger partial charge on any atom is -0.379 e. The summed E-state index contributed by atoms with van der Waals surface area (Å²) in [6.07, 6.45) is 4.85. The molecular formula is C12H25NO3. The molecule has 0 aromatic carbocycles. The molecule has 4 heteroatoms. The van der Waals surface area contributed by atoms with Crippen LogP contribution in [0.4, 0.5) is 0 Å². The van der Waals surface area contributed by atoms with Crippen LogP contribution >= 0.6 is 0 Å². The van der Waals surface area contributed by atoms with Crippen LogP contribution in [-0.2, 0) is 14.2 Å². The van der Waals surface area contributed by atoms with Crippen molar-refractivity contribution in [1.29, 1.82) is 0 Å². The Hall–Kier alpha value is -0.420. The van der Waals surface area contributed by atoms with Crippen LogP contribution in [-0.4, -0.2) is 46.2 Å². The Morgan fingerprint density at radius 1 is 0.812 bits per heavy atom. The zero-order chi connectivity index (χ0) is 11.9. The fraction of sp³-hybridized carbons (Fsp3) is 0.833. The molecular weight excluding hydrogens is 206 g/mol. The zero-order valence-electron chi connectivity index (χ0n) is 10.2. The maximum atomic E-state index is 5.35. The third kappa shape index (κ3) is 13.6. The molecule has 0 unspecified atom stereocenters. The lowest BCUT2D eigenvalue weighted by molar-refractivity contribution is 0.0141. The van der Waals surface area contributed by atoms with Crippen molar-refractivity contribution in [1.82, 2.24) is 0 Å². The van der Waals surface area contributed by atoms with Gasteiger partial charge in [-0.3, -0.25) is 0 Å². The van der Waals surface area contributed by atoms with E-state index in [1.165, 1.54) is 0 Å². The molecule has 0 heterocycles. The van der Waals surface area contributed by atoms with Crippen LogP contribution in [0.1, 0.15) is 19.3 Å². The topological polar surface area (TPSA) is 53.7 Å². The lowest BCUT2D eigenvalue weighted by atomic mass is 10.3. The SMILES string of the molecule is C=CCCCOCCOCCOCCCN. The third-order valence-corrected chi connectivity index (χ3v) is 1.93. The summed E-state index contributed by atoms with van der Waals surface area (Å²) in [5, 5.41) is 0. The van der Waals surface area contributed by atoms with Crippen molar-refractivity contribution >= 4 is 0 Å². The van der Waals surface area contributed by atoms with Gasteiger partial charge in [0.2, 0.25) is 0 Å². The van der Waals surface area contributed by atoms with Gasteiger partial charge in [-0.1, -0.05) is 6.08 Å². The Kier molecular flexibility index (Phi) is 14.2. The molecule has 4 nitrogen and oxygen atoms in total. The van der Waals surface area contributed by atoms with Gasteiger partial charge in [0.05, 0.1) is 26.4 Å². The Morgan fingerprint density at radius 3 is 1.81 bits per heavy atom. The van der Waals surface area contributed by atoms with Gasteiger partial charge in [-0.15, -0.1) is 6.58 Å². The number of nitrogens with two attached hydrogens (primary N) is 1. The van der Waals surface area contributed by atoms with Crippen molar-refractivity contribution in [3.05, 3.63) is 12.7 Å². The second-order valence-electron chi connectivity index (χ2n) is 3.41. The average Bonchev–Trinajstić information content (AvgIpc) is 2.31. The first-order valence-corrected chi connectivity index (χ1v) is 5.96. The van der Waals surface area contributed by atoms with Crippen LogP contribution in [0.15, 0.2) is 12.7 Å². The first-order valence-electron chi connectivity index (χ1n) is 5.96. The molecule has 0 saturated carbocycles. The third-order valence-electron chi connectivity index (χ3n) is 1.93. The van der Waals surface area contributed by atoms with E-state index in [0.29, 0.717) is 33.0 Å². The second kappa shape index (κ2) is 14.6. The maximum absolute atomic E-state index is 5.35. The van der Waals surface area contributed by atoms with Gasteiger partial charge in [0.1, 0.15) is 0 Å². The Morgan fingerprint density at radius 2 is 1.31 bits per heavy atom. The van der Waals surface area contributed by atoms with Crippen LogP contribution in [0, 0.1) is 0 Å². The molecule has 0 aromatic rings. The molecule has 0 aromatic heterocycles. The minimum absolute atomic E-state index is 0.626. The lowest BCUT2D eigenvalue weighted by Crippen LogP contribution is -2.11. The van der Waals surface area contributed by atoms with E-state index in [-0.39, 0.29) is 0 Å². The van der Waals surface area contributed by atoms with Gasteiger partial charge < -0.3 is 19.9 Å². The van der Waals surface area contributed by atoms with E-state index in [2.05, 4.69) is 6.58 Å². The predicted octanol–water partition coefficient (Wildman–Crippen LogP) is 1.35. The molecule has 2 N–H and O–H groups in total. The van der Waals surface area contributed by atoms with E-state index in [1.54, 1.807) is 0 Å². The molecule has 0 atom stereocenters. The zero-order valence-corrected chi connectivity index (χ0v) is 10.2.